The van der Waals surface area contributed by atoms with E-state index in [-0.39, 0.29) is 12.0 Å². The Labute approximate surface area is 81.8 Å². The van der Waals surface area contributed by atoms with Crippen molar-refractivity contribution in [3.8, 4) is 0 Å². The Kier molecular flexibility index (Phi) is 3.30. The predicted octanol–water partition coefficient (Wildman–Crippen LogP) is 2.60. The molecule has 1 aliphatic carbocycles. The van der Waals surface area contributed by atoms with Gasteiger partial charge in [0.05, 0.1) is 6.10 Å². The molecule has 0 heterocycles. The summed E-state index contributed by atoms with van der Waals surface area (Å²) in [7, 11) is -1.46. The molecular formula is C10H20O2Si. The van der Waals surface area contributed by atoms with E-state index in [1.54, 1.807) is 6.92 Å². The summed E-state index contributed by atoms with van der Waals surface area (Å²) in [5, 5.41) is 0. The number of hydrogen-bond acceptors (Lipinski definition) is 2. The quantitative estimate of drug-likeness (QED) is 0.655. The molecule has 1 saturated carbocycles. The van der Waals surface area contributed by atoms with Gasteiger partial charge in [-0.3, -0.25) is 4.79 Å². The first kappa shape index (κ1) is 10.9. The van der Waals surface area contributed by atoms with Crippen molar-refractivity contribution in [3.05, 3.63) is 0 Å². The smallest absolute Gasteiger partial charge is 0.184 e. The molecule has 0 aromatic rings. The van der Waals surface area contributed by atoms with Gasteiger partial charge in [-0.1, -0.05) is 6.42 Å². The molecule has 1 rings (SSSR count). The van der Waals surface area contributed by atoms with Crippen molar-refractivity contribution >= 4 is 14.1 Å². The van der Waals surface area contributed by atoms with Crippen LogP contribution in [0.4, 0.5) is 0 Å². The van der Waals surface area contributed by atoms with E-state index < -0.39 is 8.32 Å². The summed E-state index contributed by atoms with van der Waals surface area (Å²) in [4.78, 5) is 11.3. The van der Waals surface area contributed by atoms with Crippen LogP contribution in [0.3, 0.4) is 0 Å². The highest BCUT2D eigenvalue weighted by Gasteiger charge is 2.34. The number of carbonyl (C=O) groups is 1. The zero-order valence-electron chi connectivity index (χ0n) is 9.09. The summed E-state index contributed by atoms with van der Waals surface area (Å²) < 4.78 is 5.99. The van der Waals surface area contributed by atoms with Crippen LogP contribution in [0.2, 0.25) is 19.6 Å². The Morgan fingerprint density at radius 3 is 2.38 bits per heavy atom. The monoisotopic (exact) mass is 200 g/mol. The summed E-state index contributed by atoms with van der Waals surface area (Å²) in [5.41, 5.74) is 0. The number of hydrogen-bond donors (Lipinski definition) is 0. The minimum Gasteiger partial charge on any atom is -0.414 e. The van der Waals surface area contributed by atoms with Gasteiger partial charge in [0.15, 0.2) is 8.32 Å². The number of ketones is 1. The SMILES string of the molecule is CC(=O)[C@@H]1CCC[C@@H]1O[Si](C)(C)C. The second kappa shape index (κ2) is 3.92. The van der Waals surface area contributed by atoms with Crippen LogP contribution in [0.25, 0.3) is 0 Å². The molecule has 0 amide bonds. The fraction of sp³-hybridized carbons (Fsp3) is 0.900. The van der Waals surface area contributed by atoms with Crippen molar-refractivity contribution in [2.75, 3.05) is 0 Å². The van der Waals surface area contributed by atoms with Gasteiger partial charge in [-0.15, -0.1) is 0 Å². The van der Waals surface area contributed by atoms with Gasteiger partial charge in [0.2, 0.25) is 0 Å². The Balaban J connectivity index is 2.54. The first-order valence-corrected chi connectivity index (χ1v) is 8.49. The largest absolute Gasteiger partial charge is 0.414 e. The van der Waals surface area contributed by atoms with Crippen molar-refractivity contribution in [2.45, 2.75) is 51.9 Å². The average molecular weight is 200 g/mol. The normalized spacial score (nSPS) is 29.2. The Bertz CT molecular complexity index is 196. The Morgan fingerprint density at radius 2 is 1.92 bits per heavy atom. The molecule has 0 aromatic heterocycles. The van der Waals surface area contributed by atoms with Crippen molar-refractivity contribution in [3.63, 3.8) is 0 Å². The van der Waals surface area contributed by atoms with Crippen LogP contribution >= 0.6 is 0 Å². The zero-order chi connectivity index (χ0) is 10.1. The van der Waals surface area contributed by atoms with Crippen LogP contribution in [0.1, 0.15) is 26.2 Å². The topological polar surface area (TPSA) is 26.3 Å². The molecule has 2 atom stereocenters. The molecule has 0 spiro atoms. The maximum absolute atomic E-state index is 11.3. The fourth-order valence-corrected chi connectivity index (χ4v) is 3.18. The second-order valence-corrected chi connectivity index (χ2v) is 9.38. The van der Waals surface area contributed by atoms with Gasteiger partial charge in [-0.05, 0) is 39.4 Å². The molecule has 3 heteroatoms. The number of rotatable bonds is 3. The molecule has 0 aromatic carbocycles. The molecule has 1 aliphatic rings. The number of carbonyl (C=O) groups excluding carboxylic acids is 1. The van der Waals surface area contributed by atoms with Gasteiger partial charge >= 0.3 is 0 Å². The third-order valence-electron chi connectivity index (χ3n) is 2.48. The highest BCUT2D eigenvalue weighted by Crippen LogP contribution is 2.30. The first-order valence-electron chi connectivity index (χ1n) is 5.08. The molecule has 0 aliphatic heterocycles. The van der Waals surface area contributed by atoms with Crippen molar-refractivity contribution in [2.24, 2.45) is 5.92 Å². The van der Waals surface area contributed by atoms with E-state index in [0.29, 0.717) is 5.78 Å². The van der Waals surface area contributed by atoms with E-state index in [4.69, 9.17) is 4.43 Å². The molecule has 13 heavy (non-hydrogen) atoms. The lowest BCUT2D eigenvalue weighted by molar-refractivity contribution is -0.122. The molecule has 0 radical (unpaired) electrons. The molecule has 2 nitrogen and oxygen atoms in total. The van der Waals surface area contributed by atoms with E-state index in [0.717, 1.165) is 19.3 Å². The van der Waals surface area contributed by atoms with Gasteiger partial charge in [0, 0.05) is 5.92 Å². The minimum absolute atomic E-state index is 0.187. The molecular weight excluding hydrogens is 180 g/mol. The van der Waals surface area contributed by atoms with Gasteiger partial charge in [-0.2, -0.15) is 0 Å². The van der Waals surface area contributed by atoms with Crippen LogP contribution in [0.15, 0.2) is 0 Å². The summed E-state index contributed by atoms with van der Waals surface area (Å²) in [6.07, 6.45) is 3.49. The number of Topliss-reactive ketones (excluding diaryl/α,β-unsaturated/α-hetero) is 1. The third kappa shape index (κ3) is 3.23. The molecule has 0 bridgehead atoms. The van der Waals surface area contributed by atoms with E-state index in [1.165, 1.54) is 0 Å². The van der Waals surface area contributed by atoms with Crippen LogP contribution in [-0.2, 0) is 9.22 Å². The second-order valence-electron chi connectivity index (χ2n) is 4.92. The lowest BCUT2D eigenvalue weighted by Crippen LogP contribution is -2.35. The minimum atomic E-state index is -1.46. The maximum atomic E-state index is 11.3. The molecule has 0 unspecified atom stereocenters. The van der Waals surface area contributed by atoms with Crippen LogP contribution in [-0.4, -0.2) is 20.2 Å². The maximum Gasteiger partial charge on any atom is 0.184 e. The summed E-state index contributed by atoms with van der Waals surface area (Å²) in [6, 6.07) is 0. The molecule has 0 saturated heterocycles. The predicted molar refractivity (Wildman–Crippen MR) is 56.2 cm³/mol. The fourth-order valence-electron chi connectivity index (χ4n) is 1.99. The van der Waals surface area contributed by atoms with E-state index in [1.807, 2.05) is 0 Å². The Morgan fingerprint density at radius 1 is 1.31 bits per heavy atom. The zero-order valence-corrected chi connectivity index (χ0v) is 10.1. The molecule has 76 valence electrons. The lowest BCUT2D eigenvalue weighted by Gasteiger charge is -2.26. The van der Waals surface area contributed by atoms with Crippen LogP contribution in [0, 0.1) is 5.92 Å². The highest BCUT2D eigenvalue weighted by molar-refractivity contribution is 6.69. The molecule has 0 N–H and O–H groups in total. The van der Waals surface area contributed by atoms with E-state index >= 15 is 0 Å². The van der Waals surface area contributed by atoms with E-state index in [2.05, 4.69) is 19.6 Å². The van der Waals surface area contributed by atoms with Crippen molar-refractivity contribution in [1.82, 2.24) is 0 Å². The van der Waals surface area contributed by atoms with Crippen molar-refractivity contribution < 1.29 is 9.22 Å². The van der Waals surface area contributed by atoms with Gasteiger partial charge in [0.1, 0.15) is 5.78 Å². The van der Waals surface area contributed by atoms with Gasteiger partial charge in [0.25, 0.3) is 0 Å². The van der Waals surface area contributed by atoms with Crippen LogP contribution in [0.5, 0.6) is 0 Å². The van der Waals surface area contributed by atoms with Crippen molar-refractivity contribution in [1.29, 1.82) is 0 Å². The molecule has 1 fully saturated rings. The summed E-state index contributed by atoms with van der Waals surface area (Å²) >= 11 is 0. The average Bonchev–Trinajstić information content (AvgIpc) is 2.31. The van der Waals surface area contributed by atoms with E-state index in [9.17, 15) is 4.79 Å². The first-order chi connectivity index (χ1) is 5.90. The Hall–Kier alpha value is -0.153. The third-order valence-corrected chi connectivity index (χ3v) is 3.49. The van der Waals surface area contributed by atoms with Gasteiger partial charge in [-0.25, -0.2) is 0 Å². The summed E-state index contributed by atoms with van der Waals surface area (Å²) in [5.74, 6) is 0.493. The lowest BCUT2D eigenvalue weighted by atomic mass is 10.0. The highest BCUT2D eigenvalue weighted by atomic mass is 28.4. The van der Waals surface area contributed by atoms with Crippen LogP contribution < -0.4 is 0 Å². The standard InChI is InChI=1S/C10H20O2Si/c1-8(11)9-6-5-7-10(9)12-13(2,3)4/h9-10H,5-7H2,1-4H3/t9-,10-/m0/s1. The van der Waals surface area contributed by atoms with Gasteiger partial charge < -0.3 is 4.43 Å². The summed E-state index contributed by atoms with van der Waals surface area (Å²) in [6.45, 7) is 8.24.